The lowest BCUT2D eigenvalue weighted by molar-refractivity contribution is -0.274. The topological polar surface area (TPSA) is 103 Å². The molecule has 0 fully saturated rings. The van der Waals surface area contributed by atoms with Gasteiger partial charge in [0.15, 0.2) is 12.3 Å². The number of hydrogen-bond donors (Lipinski definition) is 2. The SMILES string of the molecule is C[C@@H](CNC(=O)c1coc(CNC(=O)COc2ccc(OC(F)(F)F)cc2)n1)c1ccccc1. The molecule has 1 aromatic heterocycles. The maximum atomic E-state index is 12.3. The van der Waals surface area contributed by atoms with Gasteiger partial charge in [-0.05, 0) is 35.7 Å². The van der Waals surface area contributed by atoms with E-state index in [1.165, 1.54) is 18.4 Å². The predicted molar refractivity (Wildman–Crippen MR) is 114 cm³/mol. The largest absolute Gasteiger partial charge is 0.573 e. The Kier molecular flexibility index (Phi) is 8.12. The molecule has 0 radical (unpaired) electrons. The standard InChI is InChI=1S/C23H22F3N3O5/c1-15(16-5-3-2-4-6-16)11-28-22(31)19-13-33-21(29-19)12-27-20(30)14-32-17-7-9-18(10-8-17)34-23(24,25)26/h2-10,13,15H,11-12,14H2,1H3,(H,27,30)(H,28,31)/t15-/m0/s1. The molecule has 34 heavy (non-hydrogen) atoms. The molecule has 8 nitrogen and oxygen atoms in total. The minimum Gasteiger partial charge on any atom is -0.484 e. The van der Waals surface area contributed by atoms with Gasteiger partial charge < -0.3 is 24.5 Å². The number of rotatable bonds is 10. The summed E-state index contributed by atoms with van der Waals surface area (Å²) in [6.45, 7) is 1.95. The van der Waals surface area contributed by atoms with Crippen molar-refractivity contribution in [2.45, 2.75) is 25.7 Å². The summed E-state index contributed by atoms with van der Waals surface area (Å²) in [5, 5.41) is 5.30. The fourth-order valence-corrected chi connectivity index (χ4v) is 2.84. The highest BCUT2D eigenvalue weighted by molar-refractivity contribution is 5.91. The number of carbonyl (C=O) groups is 2. The zero-order valence-electron chi connectivity index (χ0n) is 18.1. The molecule has 1 heterocycles. The van der Waals surface area contributed by atoms with Gasteiger partial charge in [-0.3, -0.25) is 9.59 Å². The van der Waals surface area contributed by atoms with Crippen LogP contribution in [-0.4, -0.2) is 36.3 Å². The van der Waals surface area contributed by atoms with Crippen LogP contribution in [0.4, 0.5) is 13.2 Å². The smallest absolute Gasteiger partial charge is 0.484 e. The lowest BCUT2D eigenvalue weighted by Gasteiger charge is -2.12. The van der Waals surface area contributed by atoms with Crippen molar-refractivity contribution in [2.24, 2.45) is 0 Å². The zero-order valence-corrected chi connectivity index (χ0v) is 18.1. The number of ether oxygens (including phenoxy) is 2. The van der Waals surface area contributed by atoms with Gasteiger partial charge in [0, 0.05) is 6.54 Å². The van der Waals surface area contributed by atoms with E-state index in [0.717, 1.165) is 17.7 Å². The van der Waals surface area contributed by atoms with Crippen LogP contribution in [0.3, 0.4) is 0 Å². The van der Waals surface area contributed by atoms with Gasteiger partial charge in [-0.25, -0.2) is 4.98 Å². The van der Waals surface area contributed by atoms with E-state index in [-0.39, 0.29) is 36.4 Å². The number of aromatic nitrogens is 1. The molecule has 0 unspecified atom stereocenters. The van der Waals surface area contributed by atoms with Crippen LogP contribution >= 0.6 is 0 Å². The van der Waals surface area contributed by atoms with Crippen LogP contribution in [0.25, 0.3) is 0 Å². The first kappa shape index (κ1) is 24.6. The molecule has 3 aromatic rings. The molecule has 0 saturated carbocycles. The van der Waals surface area contributed by atoms with Crippen LogP contribution in [0, 0.1) is 0 Å². The van der Waals surface area contributed by atoms with Crippen LogP contribution in [-0.2, 0) is 11.3 Å². The maximum absolute atomic E-state index is 12.3. The van der Waals surface area contributed by atoms with Crippen molar-refractivity contribution in [2.75, 3.05) is 13.2 Å². The molecule has 11 heteroatoms. The Morgan fingerprint density at radius 2 is 1.71 bits per heavy atom. The Hall–Kier alpha value is -4.02. The summed E-state index contributed by atoms with van der Waals surface area (Å²) in [4.78, 5) is 28.3. The van der Waals surface area contributed by atoms with Gasteiger partial charge in [-0.15, -0.1) is 13.2 Å². The van der Waals surface area contributed by atoms with Crippen molar-refractivity contribution in [3.63, 3.8) is 0 Å². The highest BCUT2D eigenvalue weighted by atomic mass is 19.4. The Morgan fingerprint density at radius 3 is 2.38 bits per heavy atom. The average molecular weight is 477 g/mol. The number of oxazole rings is 1. The molecule has 0 aliphatic carbocycles. The monoisotopic (exact) mass is 477 g/mol. The van der Waals surface area contributed by atoms with E-state index >= 15 is 0 Å². The van der Waals surface area contributed by atoms with E-state index in [2.05, 4.69) is 20.4 Å². The molecule has 0 saturated heterocycles. The van der Waals surface area contributed by atoms with Crippen molar-refractivity contribution in [1.82, 2.24) is 15.6 Å². The second kappa shape index (κ2) is 11.2. The molecule has 0 aliphatic heterocycles. The van der Waals surface area contributed by atoms with Crippen LogP contribution in [0.1, 0.15) is 34.8 Å². The molecule has 0 aliphatic rings. The van der Waals surface area contributed by atoms with Gasteiger partial charge in [0.1, 0.15) is 17.8 Å². The van der Waals surface area contributed by atoms with E-state index in [1.807, 2.05) is 37.3 Å². The summed E-state index contributed by atoms with van der Waals surface area (Å²) in [6.07, 6.45) is -3.59. The first-order chi connectivity index (χ1) is 16.2. The summed E-state index contributed by atoms with van der Waals surface area (Å²) < 4.78 is 50.7. The third-order valence-electron chi connectivity index (χ3n) is 4.59. The molecular formula is C23H22F3N3O5. The van der Waals surface area contributed by atoms with E-state index in [9.17, 15) is 22.8 Å². The minimum absolute atomic E-state index is 0.0751. The van der Waals surface area contributed by atoms with E-state index in [4.69, 9.17) is 9.15 Å². The fourth-order valence-electron chi connectivity index (χ4n) is 2.84. The summed E-state index contributed by atoms with van der Waals surface area (Å²) >= 11 is 0. The summed E-state index contributed by atoms with van der Waals surface area (Å²) in [7, 11) is 0. The number of alkyl halides is 3. The zero-order chi connectivity index (χ0) is 24.6. The highest BCUT2D eigenvalue weighted by Crippen LogP contribution is 2.24. The average Bonchev–Trinajstić information content (AvgIpc) is 3.29. The van der Waals surface area contributed by atoms with Crippen molar-refractivity contribution >= 4 is 11.8 Å². The Morgan fingerprint density at radius 1 is 1.03 bits per heavy atom. The molecule has 2 amide bonds. The van der Waals surface area contributed by atoms with Crippen molar-refractivity contribution in [3.8, 4) is 11.5 Å². The van der Waals surface area contributed by atoms with E-state index in [0.29, 0.717) is 6.54 Å². The predicted octanol–water partition coefficient (Wildman–Crippen LogP) is 3.80. The lowest BCUT2D eigenvalue weighted by atomic mass is 10.0. The van der Waals surface area contributed by atoms with Crippen molar-refractivity contribution in [1.29, 1.82) is 0 Å². The highest BCUT2D eigenvalue weighted by Gasteiger charge is 2.31. The molecule has 2 N–H and O–H groups in total. The maximum Gasteiger partial charge on any atom is 0.573 e. The first-order valence-corrected chi connectivity index (χ1v) is 10.2. The second-order valence-corrected chi connectivity index (χ2v) is 7.23. The number of nitrogens with one attached hydrogen (secondary N) is 2. The number of amides is 2. The molecule has 2 aromatic carbocycles. The van der Waals surface area contributed by atoms with Crippen molar-refractivity contribution < 1.29 is 36.7 Å². The third-order valence-corrected chi connectivity index (χ3v) is 4.59. The number of halogens is 3. The van der Waals surface area contributed by atoms with E-state index < -0.39 is 23.9 Å². The summed E-state index contributed by atoms with van der Waals surface area (Å²) in [5.74, 6) is -0.888. The fraction of sp³-hybridized carbons (Fsp3) is 0.261. The lowest BCUT2D eigenvalue weighted by Crippen LogP contribution is -2.29. The number of carbonyl (C=O) groups excluding carboxylic acids is 2. The molecular weight excluding hydrogens is 455 g/mol. The first-order valence-electron chi connectivity index (χ1n) is 10.2. The minimum atomic E-state index is -4.79. The van der Waals surface area contributed by atoms with Crippen LogP contribution in [0.15, 0.2) is 65.3 Å². The third kappa shape index (κ3) is 7.84. The Balaban J connectivity index is 1.39. The van der Waals surface area contributed by atoms with Gasteiger partial charge in [0.2, 0.25) is 5.89 Å². The molecule has 3 rings (SSSR count). The van der Waals surface area contributed by atoms with Crippen LogP contribution < -0.4 is 20.1 Å². The van der Waals surface area contributed by atoms with Gasteiger partial charge in [0.05, 0.1) is 6.54 Å². The van der Waals surface area contributed by atoms with Crippen LogP contribution in [0.5, 0.6) is 11.5 Å². The summed E-state index contributed by atoms with van der Waals surface area (Å²) in [5.41, 5.74) is 1.18. The van der Waals surface area contributed by atoms with Gasteiger partial charge in [-0.1, -0.05) is 37.3 Å². The molecule has 1 atom stereocenters. The quantitative estimate of drug-likeness (QED) is 0.461. The Bertz CT molecular complexity index is 1090. The molecule has 180 valence electrons. The van der Waals surface area contributed by atoms with E-state index in [1.54, 1.807) is 0 Å². The van der Waals surface area contributed by atoms with Gasteiger partial charge in [-0.2, -0.15) is 0 Å². The van der Waals surface area contributed by atoms with Crippen LogP contribution in [0.2, 0.25) is 0 Å². The second-order valence-electron chi connectivity index (χ2n) is 7.23. The molecule has 0 bridgehead atoms. The number of benzene rings is 2. The Labute approximate surface area is 193 Å². The van der Waals surface area contributed by atoms with Gasteiger partial charge in [0.25, 0.3) is 11.8 Å². The summed E-state index contributed by atoms with van der Waals surface area (Å²) in [6, 6.07) is 14.4. The molecule has 0 spiro atoms. The van der Waals surface area contributed by atoms with Gasteiger partial charge >= 0.3 is 6.36 Å². The number of hydrogen-bond acceptors (Lipinski definition) is 6. The van der Waals surface area contributed by atoms with Crippen molar-refractivity contribution in [3.05, 3.63) is 78.0 Å². The normalized spacial score (nSPS) is 12.0. The number of nitrogens with zero attached hydrogens (tertiary/aromatic N) is 1.